The molecule has 1 N–H and O–H groups in total. The van der Waals surface area contributed by atoms with E-state index in [1.54, 1.807) is 0 Å². The minimum absolute atomic E-state index is 0.0791. The van der Waals surface area contributed by atoms with Crippen molar-refractivity contribution in [3.63, 3.8) is 0 Å². The lowest BCUT2D eigenvalue weighted by atomic mass is 9.61. The summed E-state index contributed by atoms with van der Waals surface area (Å²) in [6.07, 6.45) is 3.67. The van der Waals surface area contributed by atoms with Crippen molar-refractivity contribution in [2.45, 2.75) is 57.0 Å². The third kappa shape index (κ3) is 4.06. The van der Waals surface area contributed by atoms with E-state index in [4.69, 9.17) is 27.9 Å². The van der Waals surface area contributed by atoms with Crippen molar-refractivity contribution >= 4 is 35.1 Å². The van der Waals surface area contributed by atoms with Crippen LogP contribution in [-0.4, -0.2) is 41.6 Å². The molecule has 5 nitrogen and oxygen atoms in total. The molecule has 1 aliphatic heterocycles. The summed E-state index contributed by atoms with van der Waals surface area (Å²) in [5.41, 5.74) is 0.159. The number of piperidine rings is 1. The fraction of sp³-hybridized carbons (Fsp3) is 0.500. The van der Waals surface area contributed by atoms with Crippen LogP contribution in [0.4, 0.5) is 0 Å². The monoisotopic (exact) mass is 515 g/mol. The molecule has 186 valence electrons. The molecule has 1 saturated heterocycles. The zero-order valence-electron chi connectivity index (χ0n) is 20.0. The van der Waals surface area contributed by atoms with Crippen LogP contribution in [0.2, 0.25) is 10.0 Å². The fourth-order valence-corrected chi connectivity index (χ4v) is 6.66. The van der Waals surface area contributed by atoms with Crippen LogP contribution in [0.3, 0.4) is 0 Å². The maximum Gasteiger partial charge on any atom is 0.312 e. The van der Waals surface area contributed by atoms with Crippen molar-refractivity contribution in [2.24, 2.45) is 16.7 Å². The van der Waals surface area contributed by atoms with Gasteiger partial charge in [-0.1, -0.05) is 47.5 Å². The van der Waals surface area contributed by atoms with E-state index in [1.807, 2.05) is 60.4 Å². The zero-order valence-corrected chi connectivity index (χ0v) is 21.6. The van der Waals surface area contributed by atoms with E-state index in [0.29, 0.717) is 29.3 Å². The molecule has 0 aromatic heterocycles. The Labute approximate surface area is 216 Å². The predicted molar refractivity (Wildman–Crippen MR) is 135 cm³/mol. The molecule has 2 aromatic rings. The van der Waals surface area contributed by atoms with E-state index < -0.39 is 10.8 Å². The van der Waals surface area contributed by atoms with Crippen molar-refractivity contribution in [1.29, 1.82) is 0 Å². The summed E-state index contributed by atoms with van der Waals surface area (Å²) in [6, 6.07) is 14.7. The molecule has 1 amide bonds. The Hall–Kier alpha value is -2.08. The average Bonchev–Trinajstić information content (AvgIpc) is 3.76. The van der Waals surface area contributed by atoms with Gasteiger partial charge >= 0.3 is 5.97 Å². The topological polar surface area (TPSA) is 66.8 Å². The molecule has 2 aromatic carbocycles. The lowest BCUT2D eigenvalue weighted by Crippen LogP contribution is -2.60. The van der Waals surface area contributed by atoms with Gasteiger partial charge in [0, 0.05) is 16.0 Å². The van der Waals surface area contributed by atoms with Crippen molar-refractivity contribution in [2.75, 3.05) is 13.7 Å². The molecule has 3 aliphatic rings. The molecule has 3 fully saturated rings. The lowest BCUT2D eigenvalue weighted by Gasteiger charge is -2.54. The number of aliphatic hydroxyl groups is 1. The first-order valence-electron chi connectivity index (χ1n) is 12.3. The molecule has 4 atom stereocenters. The highest BCUT2D eigenvalue weighted by molar-refractivity contribution is 6.30. The van der Waals surface area contributed by atoms with Gasteiger partial charge in [0.1, 0.15) is 0 Å². The highest BCUT2D eigenvalue weighted by Gasteiger charge is 2.70. The van der Waals surface area contributed by atoms with Gasteiger partial charge in [0.15, 0.2) is 0 Å². The Morgan fingerprint density at radius 1 is 1.11 bits per heavy atom. The summed E-state index contributed by atoms with van der Waals surface area (Å²) in [5.74, 6) is -0.290. The first kappa shape index (κ1) is 24.6. The number of hydrogen-bond acceptors (Lipinski definition) is 4. The maximum absolute atomic E-state index is 14.5. The maximum atomic E-state index is 14.5. The molecule has 5 rings (SSSR count). The second-order valence-electron chi connectivity index (χ2n) is 10.6. The van der Waals surface area contributed by atoms with E-state index >= 15 is 0 Å². The molecular weight excluding hydrogens is 485 g/mol. The number of halogens is 2. The molecule has 7 heteroatoms. The van der Waals surface area contributed by atoms with Crippen molar-refractivity contribution in [3.05, 3.63) is 69.7 Å². The van der Waals surface area contributed by atoms with Gasteiger partial charge in [-0.3, -0.25) is 9.59 Å². The van der Waals surface area contributed by atoms with E-state index in [0.717, 1.165) is 24.0 Å². The summed E-state index contributed by atoms with van der Waals surface area (Å²) in [4.78, 5) is 29.5. The summed E-state index contributed by atoms with van der Waals surface area (Å²) < 4.78 is 5.22. The lowest BCUT2D eigenvalue weighted by molar-refractivity contribution is -0.173. The number of carbonyl (C=O) groups is 2. The van der Waals surface area contributed by atoms with Crippen LogP contribution < -0.4 is 0 Å². The number of ether oxygens (including phenoxy) is 1. The quantitative estimate of drug-likeness (QED) is 0.474. The first-order chi connectivity index (χ1) is 16.8. The van der Waals surface area contributed by atoms with Gasteiger partial charge in [0.2, 0.25) is 5.91 Å². The van der Waals surface area contributed by atoms with E-state index in [1.165, 1.54) is 7.11 Å². The third-order valence-corrected chi connectivity index (χ3v) is 9.08. The zero-order chi connectivity index (χ0) is 25.0. The van der Waals surface area contributed by atoms with E-state index in [-0.39, 0.29) is 42.4 Å². The van der Waals surface area contributed by atoms with Crippen LogP contribution in [0.15, 0.2) is 48.5 Å². The smallest absolute Gasteiger partial charge is 0.312 e. The first-order valence-corrected chi connectivity index (χ1v) is 13.0. The van der Waals surface area contributed by atoms with Crippen LogP contribution in [-0.2, 0) is 14.3 Å². The molecule has 0 radical (unpaired) electrons. The van der Waals surface area contributed by atoms with E-state index in [9.17, 15) is 14.7 Å². The Morgan fingerprint density at radius 3 is 2.34 bits per heavy atom. The van der Waals surface area contributed by atoms with Gasteiger partial charge in [0.25, 0.3) is 0 Å². The van der Waals surface area contributed by atoms with Gasteiger partial charge in [0.05, 0.1) is 36.6 Å². The molecule has 0 bridgehead atoms. The number of esters is 1. The Morgan fingerprint density at radius 2 is 1.80 bits per heavy atom. The fourth-order valence-electron chi connectivity index (χ4n) is 6.34. The Kier molecular flexibility index (Phi) is 6.40. The molecule has 2 saturated carbocycles. The Bertz CT molecular complexity index is 1130. The molecule has 2 aliphatic carbocycles. The number of benzene rings is 2. The van der Waals surface area contributed by atoms with Gasteiger partial charge in [-0.05, 0) is 80.3 Å². The average molecular weight is 516 g/mol. The summed E-state index contributed by atoms with van der Waals surface area (Å²) in [7, 11) is 1.39. The number of aliphatic hydroxyl groups excluding tert-OH is 1. The van der Waals surface area contributed by atoms with E-state index in [2.05, 4.69) is 0 Å². The summed E-state index contributed by atoms with van der Waals surface area (Å²) >= 11 is 12.6. The number of rotatable bonds is 7. The van der Waals surface area contributed by atoms with Crippen LogP contribution in [0.5, 0.6) is 0 Å². The molecular formula is C28H31Cl2NO4. The molecule has 35 heavy (non-hydrogen) atoms. The summed E-state index contributed by atoms with van der Waals surface area (Å²) in [6.45, 7) is 1.80. The van der Waals surface area contributed by atoms with Crippen molar-refractivity contribution in [1.82, 2.24) is 4.90 Å². The van der Waals surface area contributed by atoms with Crippen LogP contribution in [0.1, 0.15) is 62.1 Å². The highest BCUT2D eigenvalue weighted by atomic mass is 35.5. The van der Waals surface area contributed by atoms with Gasteiger partial charge < -0.3 is 14.7 Å². The predicted octanol–water partition coefficient (Wildman–Crippen LogP) is 5.78. The number of nitrogens with zero attached hydrogens (tertiary/aromatic N) is 1. The van der Waals surface area contributed by atoms with Crippen LogP contribution in [0.25, 0.3) is 0 Å². The van der Waals surface area contributed by atoms with Gasteiger partial charge in [-0.25, -0.2) is 0 Å². The van der Waals surface area contributed by atoms with Crippen LogP contribution in [0, 0.1) is 16.7 Å². The number of carbonyl (C=O) groups excluding carboxylic acids is 2. The molecule has 1 unspecified atom stereocenters. The highest BCUT2D eigenvalue weighted by Crippen LogP contribution is 2.67. The summed E-state index contributed by atoms with van der Waals surface area (Å²) in [5, 5.41) is 11.8. The van der Waals surface area contributed by atoms with Gasteiger partial charge in [-0.2, -0.15) is 0 Å². The SMILES string of the molecule is COC(=O)C1([C@@]2(C)CC(c3cccc(Cl)c3)[C@@H](c3ccc(Cl)cc3)N([C@H](CO)C3CC3)C2=O)CC1. The number of likely N-dealkylation sites (tertiary alicyclic amines) is 1. The van der Waals surface area contributed by atoms with Crippen molar-refractivity contribution < 1.29 is 19.4 Å². The largest absolute Gasteiger partial charge is 0.469 e. The minimum atomic E-state index is -0.960. The molecule has 1 heterocycles. The van der Waals surface area contributed by atoms with Crippen molar-refractivity contribution in [3.8, 4) is 0 Å². The standard InChI is InChI=1S/C28H31Cl2NO4/c1-27(28(12-13-28)26(34)35-2)15-22(19-4-3-5-21(30)14-19)24(18-8-10-20(29)11-9-18)31(25(27)33)23(16-32)17-6-7-17/h3-5,8-11,14,17,22-24,32H,6-7,12-13,15-16H2,1-2H3/t22?,23-,24-,27+/m1/s1. The Balaban J connectivity index is 1.71. The van der Waals surface area contributed by atoms with Gasteiger partial charge in [-0.15, -0.1) is 0 Å². The minimum Gasteiger partial charge on any atom is -0.469 e. The number of methoxy groups -OCH3 is 1. The number of amides is 1. The molecule has 0 spiro atoms. The normalized spacial score (nSPS) is 28.5. The second kappa shape index (κ2) is 9.10. The third-order valence-electron chi connectivity index (χ3n) is 8.60. The van der Waals surface area contributed by atoms with Crippen LogP contribution >= 0.6 is 23.2 Å². The number of hydrogen-bond donors (Lipinski definition) is 1. The second-order valence-corrected chi connectivity index (χ2v) is 11.4.